The Kier molecular flexibility index (Phi) is 2.97. The molecule has 0 atom stereocenters. The lowest BCUT2D eigenvalue weighted by atomic mass is 10.1. The zero-order valence-corrected chi connectivity index (χ0v) is 10.0. The summed E-state index contributed by atoms with van der Waals surface area (Å²) in [7, 11) is 0. The van der Waals surface area contributed by atoms with Crippen molar-refractivity contribution >= 4 is 33.4 Å². The number of hydrogen-bond acceptors (Lipinski definition) is 4. The molecule has 0 bridgehead atoms. The number of rotatable bonds is 2. The topological polar surface area (TPSA) is 63.1 Å². The van der Waals surface area contributed by atoms with E-state index in [0.29, 0.717) is 10.0 Å². The van der Waals surface area contributed by atoms with Crippen molar-refractivity contribution in [1.29, 1.82) is 0 Å². The van der Waals surface area contributed by atoms with Gasteiger partial charge in [-0.05, 0) is 45.7 Å². The highest BCUT2D eigenvalue weighted by Gasteiger charge is 2.18. The van der Waals surface area contributed by atoms with Crippen LogP contribution < -0.4 is 0 Å². The minimum Gasteiger partial charge on any atom is -0.477 e. The smallest absolute Gasteiger partial charge is 0.349 e. The Bertz CT molecular complexity index is 558. The van der Waals surface area contributed by atoms with Gasteiger partial charge >= 0.3 is 5.97 Å². The quantitative estimate of drug-likeness (QED) is 0.926. The number of carbonyl (C=O) groups is 1. The molecule has 1 heterocycles. The molecule has 1 N–H and O–H groups in total. The summed E-state index contributed by atoms with van der Waals surface area (Å²) in [5.41, 5.74) is 0.747. The van der Waals surface area contributed by atoms with Gasteiger partial charge in [0.2, 0.25) is 0 Å². The van der Waals surface area contributed by atoms with Gasteiger partial charge in [0.05, 0.1) is 0 Å². The third kappa shape index (κ3) is 1.96. The van der Waals surface area contributed by atoms with Crippen LogP contribution in [0.2, 0.25) is 0 Å². The van der Waals surface area contributed by atoms with Gasteiger partial charge in [0, 0.05) is 10.0 Å². The Morgan fingerprint density at radius 2 is 2.25 bits per heavy atom. The third-order valence-electron chi connectivity index (χ3n) is 1.87. The second kappa shape index (κ2) is 4.26. The summed E-state index contributed by atoms with van der Waals surface area (Å²) < 4.78 is 16.9. The van der Waals surface area contributed by atoms with Crippen LogP contribution >= 0.6 is 27.5 Å². The number of aromatic nitrogens is 2. The number of benzene rings is 1. The normalized spacial score (nSPS) is 10.4. The number of carboxylic acid groups (broad SMARTS) is 1. The van der Waals surface area contributed by atoms with Crippen molar-refractivity contribution in [1.82, 2.24) is 9.59 Å². The number of carboxylic acids is 1. The van der Waals surface area contributed by atoms with E-state index in [-0.39, 0.29) is 10.6 Å². The summed E-state index contributed by atoms with van der Waals surface area (Å²) in [4.78, 5) is 10.9. The Balaban J connectivity index is 2.59. The second-order valence-corrected chi connectivity index (χ2v) is 4.49. The summed E-state index contributed by atoms with van der Waals surface area (Å²) in [6.07, 6.45) is 0. The lowest BCUT2D eigenvalue weighted by Gasteiger charge is -2.01. The van der Waals surface area contributed by atoms with Gasteiger partial charge in [-0.1, -0.05) is 4.49 Å². The molecule has 0 saturated heterocycles. The number of nitrogens with zero attached hydrogens (tertiary/aromatic N) is 2. The van der Waals surface area contributed by atoms with Gasteiger partial charge in [0.15, 0.2) is 4.88 Å². The molecule has 16 heavy (non-hydrogen) atoms. The van der Waals surface area contributed by atoms with E-state index in [1.54, 1.807) is 0 Å². The lowest BCUT2D eigenvalue weighted by Crippen LogP contribution is -1.96. The third-order valence-corrected chi connectivity index (χ3v) is 3.24. The number of hydrogen-bond donors (Lipinski definition) is 1. The molecule has 0 unspecified atom stereocenters. The zero-order chi connectivity index (χ0) is 11.7. The molecular weight excluding hydrogens is 299 g/mol. The van der Waals surface area contributed by atoms with Crippen LogP contribution in [0.4, 0.5) is 4.39 Å². The van der Waals surface area contributed by atoms with Gasteiger partial charge in [0.1, 0.15) is 11.5 Å². The average Bonchev–Trinajstić information content (AvgIpc) is 2.66. The maximum Gasteiger partial charge on any atom is 0.349 e. The Labute approximate surface area is 102 Å². The fourth-order valence-corrected chi connectivity index (χ4v) is 2.25. The molecule has 0 amide bonds. The molecule has 2 rings (SSSR count). The van der Waals surface area contributed by atoms with Crippen LogP contribution in [-0.2, 0) is 0 Å². The molecular formula is C9H4BrFN2O2S. The van der Waals surface area contributed by atoms with Gasteiger partial charge in [-0.15, -0.1) is 5.10 Å². The monoisotopic (exact) mass is 302 g/mol. The van der Waals surface area contributed by atoms with Crippen molar-refractivity contribution in [3.63, 3.8) is 0 Å². The fraction of sp³-hybridized carbons (Fsp3) is 0. The van der Waals surface area contributed by atoms with E-state index in [2.05, 4.69) is 25.5 Å². The van der Waals surface area contributed by atoms with Crippen LogP contribution in [-0.4, -0.2) is 20.7 Å². The van der Waals surface area contributed by atoms with E-state index in [1.807, 2.05) is 0 Å². The standard InChI is InChI=1S/C9H4BrFN2O2S/c10-6-3-4(11)1-2-5(6)7-8(9(14)15)16-13-12-7/h1-3H,(H,14,15). The highest BCUT2D eigenvalue weighted by atomic mass is 79.9. The highest BCUT2D eigenvalue weighted by molar-refractivity contribution is 9.10. The molecule has 0 fully saturated rings. The maximum atomic E-state index is 12.9. The molecule has 0 saturated carbocycles. The first kappa shape index (κ1) is 11.2. The van der Waals surface area contributed by atoms with Gasteiger partial charge in [-0.25, -0.2) is 9.18 Å². The van der Waals surface area contributed by atoms with E-state index in [4.69, 9.17) is 5.11 Å². The largest absolute Gasteiger partial charge is 0.477 e. The molecule has 1 aromatic heterocycles. The van der Waals surface area contributed by atoms with Crippen LogP contribution in [0.15, 0.2) is 22.7 Å². The van der Waals surface area contributed by atoms with Crippen molar-refractivity contribution in [3.8, 4) is 11.3 Å². The SMILES string of the molecule is O=C(O)c1snnc1-c1ccc(F)cc1Br. The maximum absolute atomic E-state index is 12.9. The molecule has 0 spiro atoms. The predicted octanol–water partition coefficient (Wildman–Crippen LogP) is 2.80. The Morgan fingerprint density at radius 1 is 1.50 bits per heavy atom. The molecule has 1 aromatic carbocycles. The summed E-state index contributed by atoms with van der Waals surface area (Å²) >= 11 is 3.95. The summed E-state index contributed by atoms with van der Waals surface area (Å²) in [6.45, 7) is 0. The molecule has 0 aliphatic carbocycles. The summed E-state index contributed by atoms with van der Waals surface area (Å²) in [5, 5.41) is 12.6. The Hall–Kier alpha value is -1.34. The molecule has 4 nitrogen and oxygen atoms in total. The van der Waals surface area contributed by atoms with Crippen LogP contribution in [0, 0.1) is 5.82 Å². The molecule has 2 aromatic rings. The number of aromatic carboxylic acids is 1. The first-order chi connectivity index (χ1) is 7.59. The second-order valence-electron chi connectivity index (χ2n) is 2.88. The van der Waals surface area contributed by atoms with E-state index >= 15 is 0 Å². The van der Waals surface area contributed by atoms with E-state index < -0.39 is 11.8 Å². The number of halogens is 2. The first-order valence-corrected chi connectivity index (χ1v) is 5.67. The Morgan fingerprint density at radius 3 is 2.88 bits per heavy atom. The van der Waals surface area contributed by atoms with Crippen molar-refractivity contribution in [2.24, 2.45) is 0 Å². The lowest BCUT2D eigenvalue weighted by molar-refractivity contribution is 0.0702. The van der Waals surface area contributed by atoms with E-state index in [0.717, 1.165) is 11.5 Å². The van der Waals surface area contributed by atoms with Gasteiger partial charge in [-0.2, -0.15) is 0 Å². The highest BCUT2D eigenvalue weighted by Crippen LogP contribution is 2.31. The van der Waals surface area contributed by atoms with Gasteiger partial charge < -0.3 is 5.11 Å². The summed E-state index contributed by atoms with van der Waals surface area (Å²) in [5.74, 6) is -1.50. The zero-order valence-electron chi connectivity index (χ0n) is 7.65. The molecule has 82 valence electrons. The van der Waals surface area contributed by atoms with Crippen LogP contribution in [0.5, 0.6) is 0 Å². The van der Waals surface area contributed by atoms with Crippen molar-refractivity contribution in [3.05, 3.63) is 33.4 Å². The molecule has 7 heteroatoms. The van der Waals surface area contributed by atoms with Gasteiger partial charge in [0.25, 0.3) is 0 Å². The van der Waals surface area contributed by atoms with E-state index in [1.165, 1.54) is 18.2 Å². The average molecular weight is 303 g/mol. The van der Waals surface area contributed by atoms with Crippen LogP contribution in [0.3, 0.4) is 0 Å². The predicted molar refractivity (Wildman–Crippen MR) is 60.0 cm³/mol. The van der Waals surface area contributed by atoms with E-state index in [9.17, 15) is 9.18 Å². The minimum atomic E-state index is -1.10. The van der Waals surface area contributed by atoms with Crippen molar-refractivity contribution < 1.29 is 14.3 Å². The van der Waals surface area contributed by atoms with Crippen LogP contribution in [0.1, 0.15) is 9.67 Å². The summed E-state index contributed by atoms with van der Waals surface area (Å²) in [6, 6.07) is 3.95. The molecule has 0 aliphatic rings. The fourth-order valence-electron chi connectivity index (χ4n) is 1.19. The van der Waals surface area contributed by atoms with Crippen molar-refractivity contribution in [2.45, 2.75) is 0 Å². The molecule has 0 radical (unpaired) electrons. The molecule has 0 aliphatic heterocycles. The first-order valence-electron chi connectivity index (χ1n) is 4.10. The van der Waals surface area contributed by atoms with Gasteiger partial charge in [-0.3, -0.25) is 0 Å². The van der Waals surface area contributed by atoms with Crippen LogP contribution in [0.25, 0.3) is 11.3 Å². The van der Waals surface area contributed by atoms with Crippen molar-refractivity contribution in [2.75, 3.05) is 0 Å². The minimum absolute atomic E-state index is 0.0345.